The molecule has 1 fully saturated rings. The van der Waals surface area contributed by atoms with Gasteiger partial charge in [0.1, 0.15) is 18.1 Å². The van der Waals surface area contributed by atoms with Gasteiger partial charge in [-0.3, -0.25) is 0 Å². The van der Waals surface area contributed by atoms with E-state index in [0.29, 0.717) is 12.4 Å². The molecule has 0 heterocycles. The van der Waals surface area contributed by atoms with Crippen molar-refractivity contribution in [1.82, 2.24) is 0 Å². The number of hydrogen-bond donors (Lipinski definition) is 2. The zero-order valence-electron chi connectivity index (χ0n) is 12.4. The molecule has 0 unspecified atom stereocenters. The first-order chi connectivity index (χ1) is 10.2. The van der Waals surface area contributed by atoms with E-state index in [2.05, 4.69) is 0 Å². The van der Waals surface area contributed by atoms with Crippen molar-refractivity contribution in [3.8, 4) is 11.5 Å². The Balaban J connectivity index is 0.00000176. The lowest BCUT2D eigenvalue weighted by atomic mass is 10.0. The van der Waals surface area contributed by atoms with Gasteiger partial charge in [-0.1, -0.05) is 49.2 Å². The van der Waals surface area contributed by atoms with E-state index >= 15 is 0 Å². The molecule has 0 spiro atoms. The molecule has 2 aromatic carbocycles. The molecular formula is C18H22ClNO2. The third-order valence-electron chi connectivity index (χ3n) is 3.93. The number of ether oxygens (including phenoxy) is 1. The van der Waals surface area contributed by atoms with Crippen LogP contribution in [-0.4, -0.2) is 5.11 Å². The molecule has 3 rings (SSSR count). The van der Waals surface area contributed by atoms with E-state index in [-0.39, 0.29) is 24.2 Å². The summed E-state index contributed by atoms with van der Waals surface area (Å²) in [6.45, 7) is 0.494. The molecule has 1 saturated carbocycles. The first kappa shape index (κ1) is 16.7. The summed E-state index contributed by atoms with van der Waals surface area (Å²) in [4.78, 5) is 0. The summed E-state index contributed by atoms with van der Waals surface area (Å²) in [5, 5.41) is 10.1. The zero-order valence-corrected chi connectivity index (χ0v) is 13.3. The number of rotatable bonds is 6. The Kier molecular flexibility index (Phi) is 5.69. The van der Waals surface area contributed by atoms with Crippen molar-refractivity contribution in [3.05, 3.63) is 59.7 Å². The van der Waals surface area contributed by atoms with E-state index in [0.717, 1.165) is 23.5 Å². The van der Waals surface area contributed by atoms with Crippen LogP contribution in [-0.2, 0) is 6.61 Å². The van der Waals surface area contributed by atoms with Crippen molar-refractivity contribution >= 4 is 12.4 Å². The maximum atomic E-state index is 10.1. The summed E-state index contributed by atoms with van der Waals surface area (Å²) < 4.78 is 5.70. The molecule has 0 amide bonds. The second-order valence-electron chi connectivity index (χ2n) is 5.78. The van der Waals surface area contributed by atoms with Gasteiger partial charge >= 0.3 is 0 Å². The van der Waals surface area contributed by atoms with Crippen molar-refractivity contribution in [2.24, 2.45) is 11.7 Å². The maximum Gasteiger partial charge on any atom is 0.124 e. The standard InChI is InChI=1S/C18H21NO2.ClH/c19-17(10-13-6-7-13)16-9-8-15(11-18(16)20)21-12-14-4-2-1-3-5-14;/h1-5,8-9,11,13,17,20H,6-7,10,12,19H2;1H/t17-;/m1./s1. The summed E-state index contributed by atoms with van der Waals surface area (Å²) >= 11 is 0. The minimum Gasteiger partial charge on any atom is -0.507 e. The first-order valence-corrected chi connectivity index (χ1v) is 7.47. The van der Waals surface area contributed by atoms with Crippen LogP contribution in [0.2, 0.25) is 0 Å². The highest BCUT2D eigenvalue weighted by atomic mass is 35.5. The second kappa shape index (κ2) is 7.52. The van der Waals surface area contributed by atoms with Crippen molar-refractivity contribution in [2.75, 3.05) is 0 Å². The summed E-state index contributed by atoms with van der Waals surface area (Å²) in [6.07, 6.45) is 3.50. The van der Waals surface area contributed by atoms with Gasteiger partial charge in [-0.05, 0) is 24.0 Å². The Morgan fingerprint density at radius 3 is 2.50 bits per heavy atom. The van der Waals surface area contributed by atoms with E-state index in [1.807, 2.05) is 42.5 Å². The van der Waals surface area contributed by atoms with E-state index in [4.69, 9.17) is 10.5 Å². The third-order valence-corrected chi connectivity index (χ3v) is 3.93. The van der Waals surface area contributed by atoms with Gasteiger partial charge in [0.05, 0.1) is 0 Å². The fraction of sp³-hybridized carbons (Fsp3) is 0.333. The molecule has 4 heteroatoms. The smallest absolute Gasteiger partial charge is 0.124 e. The molecule has 118 valence electrons. The van der Waals surface area contributed by atoms with Gasteiger partial charge in [-0.25, -0.2) is 0 Å². The number of aromatic hydroxyl groups is 1. The average Bonchev–Trinajstić information content (AvgIpc) is 3.30. The summed E-state index contributed by atoms with van der Waals surface area (Å²) in [7, 11) is 0. The summed E-state index contributed by atoms with van der Waals surface area (Å²) in [5.41, 5.74) is 8.07. The molecule has 1 aliphatic carbocycles. The zero-order chi connectivity index (χ0) is 14.7. The van der Waals surface area contributed by atoms with Gasteiger partial charge in [-0.2, -0.15) is 0 Å². The molecule has 0 saturated heterocycles. The van der Waals surface area contributed by atoms with Crippen molar-refractivity contribution < 1.29 is 9.84 Å². The molecule has 0 bridgehead atoms. The lowest BCUT2D eigenvalue weighted by Crippen LogP contribution is -2.11. The fourth-order valence-corrected chi connectivity index (χ4v) is 2.51. The normalized spacial score (nSPS) is 15.0. The highest BCUT2D eigenvalue weighted by Crippen LogP contribution is 2.39. The van der Waals surface area contributed by atoms with E-state index in [1.165, 1.54) is 12.8 Å². The molecule has 0 aliphatic heterocycles. The van der Waals surface area contributed by atoms with Crippen molar-refractivity contribution in [1.29, 1.82) is 0 Å². The van der Waals surface area contributed by atoms with Crippen LogP contribution in [0, 0.1) is 5.92 Å². The highest BCUT2D eigenvalue weighted by Gasteiger charge is 2.25. The van der Waals surface area contributed by atoms with Crippen LogP contribution in [0.4, 0.5) is 0 Å². The highest BCUT2D eigenvalue weighted by molar-refractivity contribution is 5.85. The van der Waals surface area contributed by atoms with Crippen molar-refractivity contribution in [3.63, 3.8) is 0 Å². The Labute approximate surface area is 137 Å². The number of nitrogens with two attached hydrogens (primary N) is 1. The first-order valence-electron chi connectivity index (χ1n) is 7.47. The van der Waals surface area contributed by atoms with E-state index in [9.17, 15) is 5.11 Å². The van der Waals surface area contributed by atoms with Gasteiger partial charge in [-0.15, -0.1) is 12.4 Å². The predicted octanol–water partition coefficient (Wildman–Crippen LogP) is 4.19. The van der Waals surface area contributed by atoms with Crippen LogP contribution in [0.3, 0.4) is 0 Å². The van der Waals surface area contributed by atoms with Gasteiger partial charge in [0.2, 0.25) is 0 Å². The number of halogens is 1. The lowest BCUT2D eigenvalue weighted by molar-refractivity contribution is 0.304. The number of phenolic OH excluding ortho intramolecular Hbond substituents is 1. The minimum atomic E-state index is -0.0827. The number of phenols is 1. The van der Waals surface area contributed by atoms with E-state index in [1.54, 1.807) is 6.07 Å². The van der Waals surface area contributed by atoms with Crippen LogP contribution in [0.25, 0.3) is 0 Å². The Hall–Kier alpha value is -1.71. The number of benzene rings is 2. The third kappa shape index (κ3) is 4.39. The van der Waals surface area contributed by atoms with Crippen LogP contribution >= 0.6 is 12.4 Å². The van der Waals surface area contributed by atoms with Gasteiger partial charge < -0.3 is 15.6 Å². The summed E-state index contributed by atoms with van der Waals surface area (Å²) in [6, 6.07) is 15.3. The lowest BCUT2D eigenvalue weighted by Gasteiger charge is -2.14. The fourth-order valence-electron chi connectivity index (χ4n) is 2.51. The molecule has 3 nitrogen and oxygen atoms in total. The minimum absolute atomic E-state index is 0. The van der Waals surface area contributed by atoms with Crippen LogP contribution in [0.1, 0.15) is 36.4 Å². The molecule has 1 aliphatic rings. The molecular weight excluding hydrogens is 298 g/mol. The Bertz CT molecular complexity index is 599. The average molecular weight is 320 g/mol. The van der Waals surface area contributed by atoms with Crippen LogP contribution in [0.15, 0.2) is 48.5 Å². The maximum absolute atomic E-state index is 10.1. The van der Waals surface area contributed by atoms with Gasteiger partial charge in [0, 0.05) is 17.7 Å². The Morgan fingerprint density at radius 1 is 1.14 bits per heavy atom. The van der Waals surface area contributed by atoms with Gasteiger partial charge in [0.15, 0.2) is 0 Å². The molecule has 22 heavy (non-hydrogen) atoms. The quantitative estimate of drug-likeness (QED) is 0.839. The largest absolute Gasteiger partial charge is 0.507 e. The SMILES string of the molecule is Cl.N[C@H](CC1CC1)c1ccc(OCc2ccccc2)cc1O. The van der Waals surface area contributed by atoms with Crippen molar-refractivity contribution in [2.45, 2.75) is 31.9 Å². The monoisotopic (exact) mass is 319 g/mol. The van der Waals surface area contributed by atoms with E-state index < -0.39 is 0 Å². The topological polar surface area (TPSA) is 55.5 Å². The molecule has 0 radical (unpaired) electrons. The van der Waals surface area contributed by atoms with Gasteiger partial charge in [0.25, 0.3) is 0 Å². The Morgan fingerprint density at radius 2 is 1.86 bits per heavy atom. The second-order valence-corrected chi connectivity index (χ2v) is 5.78. The van der Waals surface area contributed by atoms with Crippen LogP contribution in [0.5, 0.6) is 11.5 Å². The van der Waals surface area contributed by atoms with Crippen LogP contribution < -0.4 is 10.5 Å². The molecule has 2 aromatic rings. The summed E-state index contributed by atoms with van der Waals surface area (Å²) in [5.74, 6) is 1.64. The number of hydrogen-bond acceptors (Lipinski definition) is 3. The molecule has 1 atom stereocenters. The molecule has 0 aromatic heterocycles. The predicted molar refractivity (Wildman–Crippen MR) is 90.4 cm³/mol. The molecule has 3 N–H and O–H groups in total.